The van der Waals surface area contributed by atoms with Crippen molar-refractivity contribution in [2.45, 2.75) is 19.4 Å². The van der Waals surface area contributed by atoms with Crippen molar-refractivity contribution in [2.24, 2.45) is 11.6 Å². The van der Waals surface area contributed by atoms with Gasteiger partial charge in [0.15, 0.2) is 0 Å². The molecular weight excluding hydrogens is 270 g/mol. The molecule has 0 saturated carbocycles. The lowest BCUT2D eigenvalue weighted by atomic mass is 9.99. The molecule has 0 radical (unpaired) electrons. The molecular formula is C14H17N5O2. The van der Waals surface area contributed by atoms with Gasteiger partial charge in [0.1, 0.15) is 5.69 Å². The van der Waals surface area contributed by atoms with Crippen molar-refractivity contribution in [3.8, 4) is 0 Å². The van der Waals surface area contributed by atoms with Crippen LogP contribution in [0.15, 0.2) is 36.5 Å². The van der Waals surface area contributed by atoms with Gasteiger partial charge in [0, 0.05) is 6.20 Å². The van der Waals surface area contributed by atoms with E-state index in [1.807, 2.05) is 24.3 Å². The molecule has 110 valence electrons. The third-order valence-corrected chi connectivity index (χ3v) is 3.25. The largest absolute Gasteiger partial charge is 0.364 e. The lowest BCUT2D eigenvalue weighted by molar-refractivity contribution is -0.122. The summed E-state index contributed by atoms with van der Waals surface area (Å²) in [5, 5.41) is 4.07. The van der Waals surface area contributed by atoms with Gasteiger partial charge >= 0.3 is 0 Å². The summed E-state index contributed by atoms with van der Waals surface area (Å²) in [7, 11) is 0. The van der Waals surface area contributed by atoms with Gasteiger partial charge in [0.05, 0.1) is 12.5 Å². The molecule has 0 fully saturated rings. The fourth-order valence-electron chi connectivity index (χ4n) is 1.96. The zero-order chi connectivity index (χ0) is 15.4. The van der Waals surface area contributed by atoms with Crippen molar-refractivity contribution in [1.29, 1.82) is 0 Å². The van der Waals surface area contributed by atoms with Crippen molar-refractivity contribution >= 4 is 11.8 Å². The molecule has 0 bridgehead atoms. The highest BCUT2D eigenvalue weighted by Gasteiger charge is 2.13. The van der Waals surface area contributed by atoms with Gasteiger partial charge in [-0.25, -0.2) is 5.84 Å². The first-order valence-electron chi connectivity index (χ1n) is 6.44. The van der Waals surface area contributed by atoms with E-state index in [-0.39, 0.29) is 17.5 Å². The Bertz CT molecular complexity index is 648. The van der Waals surface area contributed by atoms with Gasteiger partial charge in [-0.2, -0.15) is 5.10 Å². The Morgan fingerprint density at radius 1 is 1.29 bits per heavy atom. The number of carbonyl (C=O) groups excluding carboxylic acids is 2. The van der Waals surface area contributed by atoms with Crippen molar-refractivity contribution < 1.29 is 9.59 Å². The van der Waals surface area contributed by atoms with Crippen LogP contribution in [0.4, 0.5) is 0 Å². The Morgan fingerprint density at radius 3 is 2.48 bits per heavy atom. The van der Waals surface area contributed by atoms with Gasteiger partial charge in [-0.1, -0.05) is 24.3 Å². The second-order valence-corrected chi connectivity index (χ2v) is 4.73. The van der Waals surface area contributed by atoms with Crippen LogP contribution >= 0.6 is 0 Å². The third kappa shape index (κ3) is 3.46. The van der Waals surface area contributed by atoms with Gasteiger partial charge < -0.3 is 5.73 Å². The second kappa shape index (κ2) is 6.19. The summed E-state index contributed by atoms with van der Waals surface area (Å²) in [5.41, 5.74) is 9.40. The predicted octanol–water partition coefficient (Wildman–Crippen LogP) is 0.124. The Balaban J connectivity index is 2.08. The number of rotatable bonds is 5. The summed E-state index contributed by atoms with van der Waals surface area (Å²) in [5.74, 6) is 4.02. The van der Waals surface area contributed by atoms with Crippen LogP contribution in [0.3, 0.4) is 0 Å². The number of nitrogens with zero attached hydrogens (tertiary/aromatic N) is 2. The molecule has 7 heteroatoms. The van der Waals surface area contributed by atoms with Crippen molar-refractivity contribution in [2.75, 3.05) is 0 Å². The van der Waals surface area contributed by atoms with Crippen molar-refractivity contribution in [3.05, 3.63) is 53.3 Å². The number of nitrogens with two attached hydrogens (primary N) is 2. The number of nitrogens with one attached hydrogen (secondary N) is 1. The van der Waals surface area contributed by atoms with E-state index in [4.69, 9.17) is 11.6 Å². The molecule has 7 nitrogen and oxygen atoms in total. The van der Waals surface area contributed by atoms with E-state index in [9.17, 15) is 9.59 Å². The molecule has 0 aliphatic carbocycles. The summed E-state index contributed by atoms with van der Waals surface area (Å²) >= 11 is 0. The van der Waals surface area contributed by atoms with Crippen LogP contribution in [0.1, 0.15) is 34.5 Å². The Morgan fingerprint density at radius 2 is 1.95 bits per heavy atom. The number of carbonyl (C=O) groups is 2. The van der Waals surface area contributed by atoms with Crippen molar-refractivity contribution in [1.82, 2.24) is 15.2 Å². The number of hydrazine groups is 1. The average Bonchev–Trinajstić information content (AvgIpc) is 2.95. The molecule has 2 rings (SSSR count). The van der Waals surface area contributed by atoms with Crippen LogP contribution in [0.25, 0.3) is 0 Å². The highest BCUT2D eigenvalue weighted by atomic mass is 16.2. The Labute approximate surface area is 121 Å². The molecule has 1 heterocycles. The highest BCUT2D eigenvalue weighted by molar-refractivity contribution is 5.90. The fourth-order valence-corrected chi connectivity index (χ4v) is 1.96. The quantitative estimate of drug-likeness (QED) is 0.411. The number of hydrogen-bond acceptors (Lipinski definition) is 4. The lowest BCUT2D eigenvalue weighted by Crippen LogP contribution is -2.33. The van der Waals surface area contributed by atoms with Crippen LogP contribution in [-0.4, -0.2) is 21.6 Å². The second-order valence-electron chi connectivity index (χ2n) is 4.73. The predicted molar refractivity (Wildman–Crippen MR) is 77.0 cm³/mol. The summed E-state index contributed by atoms with van der Waals surface area (Å²) in [4.78, 5) is 22.4. The molecule has 21 heavy (non-hydrogen) atoms. The van der Waals surface area contributed by atoms with E-state index in [0.717, 1.165) is 11.1 Å². The number of hydrogen-bond donors (Lipinski definition) is 3. The normalized spacial score (nSPS) is 11.9. The number of benzene rings is 1. The van der Waals surface area contributed by atoms with Gasteiger partial charge in [-0.15, -0.1) is 0 Å². The van der Waals surface area contributed by atoms with E-state index in [1.54, 1.807) is 23.9 Å². The van der Waals surface area contributed by atoms with Gasteiger partial charge in [-0.05, 0) is 24.1 Å². The highest BCUT2D eigenvalue weighted by Crippen LogP contribution is 2.16. The average molecular weight is 287 g/mol. The van der Waals surface area contributed by atoms with Crippen LogP contribution in [0.5, 0.6) is 0 Å². The molecule has 5 N–H and O–H groups in total. The SMILES string of the molecule is CC(C(=O)NN)c1ccc(Cn2ccc(C(N)=O)n2)cc1. The van der Waals surface area contributed by atoms with E-state index in [2.05, 4.69) is 10.5 Å². The minimum Gasteiger partial charge on any atom is -0.364 e. The monoisotopic (exact) mass is 287 g/mol. The van der Waals surface area contributed by atoms with Crippen LogP contribution < -0.4 is 17.0 Å². The maximum atomic E-state index is 11.5. The maximum Gasteiger partial charge on any atom is 0.269 e. The van der Waals surface area contributed by atoms with Gasteiger partial charge in [-0.3, -0.25) is 19.7 Å². The zero-order valence-electron chi connectivity index (χ0n) is 11.6. The summed E-state index contributed by atoms with van der Waals surface area (Å²) in [6.07, 6.45) is 1.69. The third-order valence-electron chi connectivity index (χ3n) is 3.25. The standard InChI is InChI=1S/C14H17N5O2/c1-9(14(21)17-16)11-4-2-10(3-5-11)8-19-7-6-12(18-19)13(15)20/h2-7,9H,8,16H2,1H3,(H2,15,20)(H,17,21). The zero-order valence-corrected chi connectivity index (χ0v) is 11.6. The first-order chi connectivity index (χ1) is 10.0. The van der Waals surface area contributed by atoms with Gasteiger partial charge in [0.25, 0.3) is 5.91 Å². The summed E-state index contributed by atoms with van der Waals surface area (Å²) < 4.78 is 1.63. The first-order valence-corrected chi connectivity index (χ1v) is 6.44. The molecule has 1 aromatic heterocycles. The molecule has 0 saturated heterocycles. The molecule has 0 aliphatic rings. The van der Waals surface area contributed by atoms with Crippen LogP contribution in [0, 0.1) is 0 Å². The Kier molecular flexibility index (Phi) is 4.34. The fraction of sp³-hybridized carbons (Fsp3) is 0.214. The topological polar surface area (TPSA) is 116 Å². The van der Waals surface area contributed by atoms with E-state index < -0.39 is 5.91 Å². The van der Waals surface area contributed by atoms with Crippen LogP contribution in [-0.2, 0) is 11.3 Å². The molecule has 1 unspecified atom stereocenters. The molecule has 1 atom stereocenters. The van der Waals surface area contributed by atoms with Gasteiger partial charge in [0.2, 0.25) is 5.91 Å². The smallest absolute Gasteiger partial charge is 0.269 e. The number of primary amides is 1. The minimum absolute atomic E-state index is 0.235. The minimum atomic E-state index is -0.550. The maximum absolute atomic E-state index is 11.5. The van der Waals surface area contributed by atoms with E-state index in [1.165, 1.54) is 0 Å². The summed E-state index contributed by atoms with van der Waals surface area (Å²) in [6, 6.07) is 9.12. The molecule has 0 spiro atoms. The first kappa shape index (κ1) is 14.7. The molecule has 1 aromatic carbocycles. The van der Waals surface area contributed by atoms with E-state index in [0.29, 0.717) is 6.54 Å². The lowest BCUT2D eigenvalue weighted by Gasteiger charge is -2.10. The van der Waals surface area contributed by atoms with Crippen LogP contribution in [0.2, 0.25) is 0 Å². The Hall–Kier alpha value is -2.67. The number of amides is 2. The summed E-state index contributed by atoms with van der Waals surface area (Å²) in [6.45, 7) is 2.30. The van der Waals surface area contributed by atoms with E-state index >= 15 is 0 Å². The molecule has 2 amide bonds. The van der Waals surface area contributed by atoms with Crippen molar-refractivity contribution in [3.63, 3.8) is 0 Å². The number of aromatic nitrogens is 2. The molecule has 2 aromatic rings. The molecule has 0 aliphatic heterocycles.